The summed E-state index contributed by atoms with van der Waals surface area (Å²) in [5, 5.41) is 7.64. The van der Waals surface area contributed by atoms with E-state index in [2.05, 4.69) is 49.5 Å². The fourth-order valence-electron chi connectivity index (χ4n) is 1.75. The summed E-state index contributed by atoms with van der Waals surface area (Å²) in [5.41, 5.74) is 0.347. The SMILES string of the molecule is CC(C)(C)CC(C)(C)SSNc1n[nH]c(=S)s1. The summed E-state index contributed by atoms with van der Waals surface area (Å²) in [6.45, 7) is 11.3. The summed E-state index contributed by atoms with van der Waals surface area (Å²) < 4.78 is 4.13. The molecule has 0 radical (unpaired) electrons. The standard InChI is InChI=1S/C10H19N3S4/c1-9(2,3)6-10(4,5)16-17-13-7-11-12-8(14)15-7/h6H2,1-5H3,(H,11,13)(H,12,14). The fraction of sp³-hybridized carbons (Fsp3) is 0.800. The summed E-state index contributed by atoms with van der Waals surface area (Å²) in [6.07, 6.45) is 1.16. The van der Waals surface area contributed by atoms with E-state index in [9.17, 15) is 0 Å². The molecule has 2 N–H and O–H groups in total. The summed E-state index contributed by atoms with van der Waals surface area (Å²) in [6, 6.07) is 0. The molecular weight excluding hydrogens is 290 g/mol. The third-order valence-corrected chi connectivity index (χ3v) is 5.73. The first-order chi connectivity index (χ1) is 7.68. The number of aromatic nitrogens is 2. The molecule has 0 saturated carbocycles. The van der Waals surface area contributed by atoms with Crippen molar-refractivity contribution in [2.75, 3.05) is 4.72 Å². The molecule has 7 heteroatoms. The van der Waals surface area contributed by atoms with E-state index in [1.54, 1.807) is 11.0 Å². The molecular formula is C10H19N3S4. The van der Waals surface area contributed by atoms with Crippen LogP contribution in [0.2, 0.25) is 0 Å². The molecule has 0 aromatic carbocycles. The first kappa shape index (κ1) is 15.3. The molecule has 1 aromatic heterocycles. The number of nitrogens with zero attached hydrogens (tertiary/aromatic N) is 1. The van der Waals surface area contributed by atoms with Gasteiger partial charge in [0, 0.05) is 15.7 Å². The van der Waals surface area contributed by atoms with Crippen molar-refractivity contribution in [2.45, 2.75) is 45.8 Å². The zero-order chi connectivity index (χ0) is 13.1. The van der Waals surface area contributed by atoms with E-state index in [4.69, 9.17) is 12.2 Å². The molecule has 0 aliphatic carbocycles. The first-order valence-electron chi connectivity index (χ1n) is 5.34. The molecule has 1 rings (SSSR count). The van der Waals surface area contributed by atoms with Crippen LogP contribution in [-0.2, 0) is 0 Å². The molecule has 0 amide bonds. The molecule has 1 aromatic rings. The molecule has 17 heavy (non-hydrogen) atoms. The van der Waals surface area contributed by atoms with Gasteiger partial charge >= 0.3 is 0 Å². The van der Waals surface area contributed by atoms with E-state index in [0.29, 0.717) is 9.37 Å². The van der Waals surface area contributed by atoms with Gasteiger partial charge in [0.05, 0.1) is 0 Å². The van der Waals surface area contributed by atoms with E-state index >= 15 is 0 Å². The van der Waals surface area contributed by atoms with Crippen LogP contribution in [-0.4, -0.2) is 14.9 Å². The van der Waals surface area contributed by atoms with Gasteiger partial charge < -0.3 is 0 Å². The zero-order valence-electron chi connectivity index (χ0n) is 10.8. The second-order valence-electron chi connectivity index (χ2n) is 5.68. The number of aromatic amines is 1. The Morgan fingerprint density at radius 2 is 2.00 bits per heavy atom. The van der Waals surface area contributed by atoms with Crippen molar-refractivity contribution >= 4 is 50.5 Å². The molecule has 1 heterocycles. The van der Waals surface area contributed by atoms with E-state index < -0.39 is 0 Å². The summed E-state index contributed by atoms with van der Waals surface area (Å²) in [7, 11) is 3.45. The quantitative estimate of drug-likeness (QED) is 0.448. The minimum atomic E-state index is 0.230. The van der Waals surface area contributed by atoms with Crippen LogP contribution in [0.3, 0.4) is 0 Å². The molecule has 98 valence electrons. The Morgan fingerprint density at radius 3 is 2.47 bits per heavy atom. The van der Waals surface area contributed by atoms with E-state index in [1.807, 2.05) is 10.8 Å². The lowest BCUT2D eigenvalue weighted by molar-refractivity contribution is 0.340. The summed E-state index contributed by atoms with van der Waals surface area (Å²) in [5.74, 6) is 0. The minimum absolute atomic E-state index is 0.230. The van der Waals surface area contributed by atoms with E-state index in [1.165, 1.54) is 11.3 Å². The van der Waals surface area contributed by atoms with Crippen molar-refractivity contribution in [1.29, 1.82) is 0 Å². The number of hydrogen-bond donors (Lipinski definition) is 2. The zero-order valence-corrected chi connectivity index (χ0v) is 14.1. The van der Waals surface area contributed by atoms with Crippen LogP contribution in [0, 0.1) is 9.37 Å². The smallest absolute Gasteiger partial charge is 0.214 e. The molecule has 3 nitrogen and oxygen atoms in total. The predicted octanol–water partition coefficient (Wildman–Crippen LogP) is 5.12. The largest absolute Gasteiger partial charge is 0.295 e. The lowest BCUT2D eigenvalue weighted by atomic mass is 9.86. The molecule has 0 aliphatic heterocycles. The van der Waals surface area contributed by atoms with Crippen LogP contribution >= 0.6 is 45.3 Å². The monoisotopic (exact) mass is 309 g/mol. The second-order valence-corrected chi connectivity index (χ2v) is 9.99. The van der Waals surface area contributed by atoms with Gasteiger partial charge in [-0.05, 0) is 37.9 Å². The fourth-order valence-corrected chi connectivity index (χ4v) is 4.93. The Kier molecular flexibility index (Phi) is 5.37. The third-order valence-electron chi connectivity index (χ3n) is 1.79. The maximum atomic E-state index is 4.97. The average molecular weight is 310 g/mol. The van der Waals surface area contributed by atoms with Crippen molar-refractivity contribution in [3.8, 4) is 0 Å². The van der Waals surface area contributed by atoms with Gasteiger partial charge in [-0.15, -0.1) is 5.10 Å². The average Bonchev–Trinajstić information content (AvgIpc) is 2.46. The molecule has 0 spiro atoms. The highest BCUT2D eigenvalue weighted by Crippen LogP contribution is 2.43. The highest BCUT2D eigenvalue weighted by molar-refractivity contribution is 8.77. The number of anilines is 1. The molecule has 0 aliphatic rings. The van der Waals surface area contributed by atoms with Crippen LogP contribution in [0.5, 0.6) is 0 Å². The van der Waals surface area contributed by atoms with Gasteiger partial charge in [0.15, 0.2) is 3.95 Å². The van der Waals surface area contributed by atoms with Gasteiger partial charge in [0.1, 0.15) is 0 Å². The molecule has 0 fully saturated rings. The van der Waals surface area contributed by atoms with Gasteiger partial charge in [-0.1, -0.05) is 42.9 Å². The topological polar surface area (TPSA) is 40.7 Å². The number of rotatable bonds is 5. The van der Waals surface area contributed by atoms with Gasteiger partial charge in [0.25, 0.3) is 0 Å². The maximum Gasteiger partial charge on any atom is 0.214 e. The minimum Gasteiger partial charge on any atom is -0.295 e. The normalized spacial score (nSPS) is 12.8. The van der Waals surface area contributed by atoms with Gasteiger partial charge in [-0.25, -0.2) is 0 Å². The van der Waals surface area contributed by atoms with Gasteiger partial charge in [0.2, 0.25) is 5.13 Å². The van der Waals surface area contributed by atoms with Crippen molar-refractivity contribution in [3.05, 3.63) is 3.95 Å². The highest BCUT2D eigenvalue weighted by Gasteiger charge is 2.26. The van der Waals surface area contributed by atoms with Crippen LogP contribution in [0.15, 0.2) is 0 Å². The van der Waals surface area contributed by atoms with E-state index in [-0.39, 0.29) is 4.75 Å². The highest BCUT2D eigenvalue weighted by atomic mass is 33.1. The predicted molar refractivity (Wildman–Crippen MR) is 84.3 cm³/mol. The van der Waals surface area contributed by atoms with Gasteiger partial charge in [-0.3, -0.25) is 9.82 Å². The Morgan fingerprint density at radius 1 is 1.35 bits per heavy atom. The maximum absolute atomic E-state index is 4.97. The summed E-state index contributed by atoms with van der Waals surface area (Å²) in [4.78, 5) is 0. The van der Waals surface area contributed by atoms with Crippen molar-refractivity contribution < 1.29 is 0 Å². The molecule has 0 unspecified atom stereocenters. The van der Waals surface area contributed by atoms with Crippen molar-refractivity contribution in [3.63, 3.8) is 0 Å². The van der Waals surface area contributed by atoms with Crippen LogP contribution in [0.4, 0.5) is 5.13 Å². The van der Waals surface area contributed by atoms with Crippen molar-refractivity contribution in [2.24, 2.45) is 5.41 Å². The van der Waals surface area contributed by atoms with E-state index in [0.717, 1.165) is 11.6 Å². The van der Waals surface area contributed by atoms with Crippen LogP contribution in [0.1, 0.15) is 41.0 Å². The van der Waals surface area contributed by atoms with Crippen LogP contribution in [0.25, 0.3) is 0 Å². The Balaban J connectivity index is 2.37. The number of hydrogen-bond acceptors (Lipinski definition) is 6. The second kappa shape index (κ2) is 5.95. The molecule has 0 bridgehead atoms. The first-order valence-corrected chi connectivity index (χ1v) is 8.72. The lowest BCUT2D eigenvalue weighted by Crippen LogP contribution is -2.22. The summed E-state index contributed by atoms with van der Waals surface area (Å²) >= 11 is 6.43. The third kappa shape index (κ3) is 6.69. The van der Waals surface area contributed by atoms with Crippen LogP contribution < -0.4 is 4.72 Å². The number of H-pyrrole nitrogens is 1. The number of nitrogens with one attached hydrogen (secondary N) is 2. The van der Waals surface area contributed by atoms with Crippen molar-refractivity contribution in [1.82, 2.24) is 10.2 Å². The Bertz CT molecular complexity index is 402. The molecule has 0 saturated heterocycles. The Hall–Kier alpha value is 0.280. The van der Waals surface area contributed by atoms with Gasteiger partial charge in [-0.2, -0.15) is 0 Å². The Labute approximate surface area is 120 Å². The lowest BCUT2D eigenvalue weighted by Gasteiger charge is -2.30. The molecule has 0 atom stereocenters.